The van der Waals surface area contributed by atoms with Gasteiger partial charge in [-0.15, -0.1) is 0 Å². The standard InChI is InChI=1S/C12H11F3O3/c1-17-11(16)7-4-9-2-5-10(6-3-9)18-8-12(13,14)15/h2-7H,8H2,1H3/b7-4+. The second-order valence-corrected chi connectivity index (χ2v) is 3.33. The van der Waals surface area contributed by atoms with Crippen molar-refractivity contribution in [1.29, 1.82) is 0 Å². The van der Waals surface area contributed by atoms with Gasteiger partial charge in [0.25, 0.3) is 0 Å². The van der Waals surface area contributed by atoms with E-state index in [0.717, 1.165) is 0 Å². The third kappa shape index (κ3) is 5.38. The average molecular weight is 260 g/mol. The van der Waals surface area contributed by atoms with Crippen molar-refractivity contribution >= 4 is 12.0 Å². The van der Waals surface area contributed by atoms with Crippen LogP contribution in [0.4, 0.5) is 13.2 Å². The Morgan fingerprint density at radius 3 is 2.39 bits per heavy atom. The monoisotopic (exact) mass is 260 g/mol. The van der Waals surface area contributed by atoms with Crippen molar-refractivity contribution in [2.24, 2.45) is 0 Å². The van der Waals surface area contributed by atoms with Crippen molar-refractivity contribution < 1.29 is 27.4 Å². The molecule has 6 heteroatoms. The van der Waals surface area contributed by atoms with Crippen molar-refractivity contribution in [3.8, 4) is 5.75 Å². The molecule has 0 aliphatic heterocycles. The van der Waals surface area contributed by atoms with Gasteiger partial charge in [0.05, 0.1) is 7.11 Å². The van der Waals surface area contributed by atoms with E-state index in [4.69, 9.17) is 0 Å². The lowest BCUT2D eigenvalue weighted by Gasteiger charge is -2.08. The summed E-state index contributed by atoms with van der Waals surface area (Å²) in [6.45, 7) is -1.33. The van der Waals surface area contributed by atoms with E-state index in [1.54, 1.807) is 0 Å². The number of hydrogen-bond donors (Lipinski definition) is 0. The minimum atomic E-state index is -4.36. The predicted molar refractivity (Wildman–Crippen MR) is 59.0 cm³/mol. The van der Waals surface area contributed by atoms with E-state index in [0.29, 0.717) is 5.56 Å². The number of hydrogen-bond acceptors (Lipinski definition) is 3. The molecule has 1 aromatic rings. The van der Waals surface area contributed by atoms with Gasteiger partial charge < -0.3 is 9.47 Å². The van der Waals surface area contributed by atoms with E-state index in [2.05, 4.69) is 9.47 Å². The molecule has 0 heterocycles. The van der Waals surface area contributed by atoms with Crippen LogP contribution in [-0.4, -0.2) is 25.9 Å². The van der Waals surface area contributed by atoms with Gasteiger partial charge in [-0.25, -0.2) is 4.79 Å². The van der Waals surface area contributed by atoms with Crippen LogP contribution in [0.1, 0.15) is 5.56 Å². The van der Waals surface area contributed by atoms with Gasteiger partial charge in [0.2, 0.25) is 0 Å². The van der Waals surface area contributed by atoms with E-state index in [1.165, 1.54) is 43.5 Å². The maximum Gasteiger partial charge on any atom is 0.422 e. The van der Waals surface area contributed by atoms with Gasteiger partial charge in [-0.2, -0.15) is 13.2 Å². The molecule has 0 aromatic heterocycles. The van der Waals surface area contributed by atoms with Crippen LogP contribution in [0.5, 0.6) is 5.75 Å². The number of alkyl halides is 3. The zero-order valence-corrected chi connectivity index (χ0v) is 9.53. The lowest BCUT2D eigenvalue weighted by Crippen LogP contribution is -2.19. The minimum Gasteiger partial charge on any atom is -0.484 e. The van der Waals surface area contributed by atoms with Crippen molar-refractivity contribution in [3.63, 3.8) is 0 Å². The summed E-state index contributed by atoms with van der Waals surface area (Å²) in [5.74, 6) is -0.394. The second-order valence-electron chi connectivity index (χ2n) is 3.33. The zero-order chi connectivity index (χ0) is 13.6. The van der Waals surface area contributed by atoms with Gasteiger partial charge in [-0.05, 0) is 23.8 Å². The van der Waals surface area contributed by atoms with E-state index >= 15 is 0 Å². The number of halogens is 3. The highest BCUT2D eigenvalue weighted by Crippen LogP contribution is 2.19. The predicted octanol–water partition coefficient (Wildman–Crippen LogP) is 2.81. The average Bonchev–Trinajstić information content (AvgIpc) is 2.33. The van der Waals surface area contributed by atoms with Crippen molar-refractivity contribution in [2.75, 3.05) is 13.7 Å². The first-order chi connectivity index (χ1) is 8.40. The number of carbonyl (C=O) groups excluding carboxylic acids is 1. The van der Waals surface area contributed by atoms with Crippen LogP contribution >= 0.6 is 0 Å². The highest BCUT2D eigenvalue weighted by molar-refractivity contribution is 5.86. The van der Waals surface area contributed by atoms with E-state index in [9.17, 15) is 18.0 Å². The molecule has 0 N–H and O–H groups in total. The Bertz CT molecular complexity index is 421. The third-order valence-electron chi connectivity index (χ3n) is 1.90. The number of ether oxygens (including phenoxy) is 2. The SMILES string of the molecule is COC(=O)/C=C/c1ccc(OCC(F)(F)F)cc1. The molecule has 0 amide bonds. The summed E-state index contributed by atoms with van der Waals surface area (Å²) in [4.78, 5) is 10.8. The quantitative estimate of drug-likeness (QED) is 0.617. The number of carbonyl (C=O) groups is 1. The molecule has 0 bridgehead atoms. The summed E-state index contributed by atoms with van der Waals surface area (Å²) in [7, 11) is 1.25. The maximum absolute atomic E-state index is 11.9. The normalized spacial score (nSPS) is 11.6. The zero-order valence-electron chi connectivity index (χ0n) is 9.53. The fourth-order valence-electron chi connectivity index (χ4n) is 1.07. The van der Waals surface area contributed by atoms with Gasteiger partial charge in [0, 0.05) is 6.08 Å². The van der Waals surface area contributed by atoms with Crippen molar-refractivity contribution in [3.05, 3.63) is 35.9 Å². The van der Waals surface area contributed by atoms with E-state index < -0.39 is 18.8 Å². The molecule has 0 unspecified atom stereocenters. The molecule has 1 aromatic carbocycles. The molecule has 0 aliphatic carbocycles. The Hall–Kier alpha value is -1.98. The Morgan fingerprint density at radius 1 is 1.28 bits per heavy atom. The molecule has 18 heavy (non-hydrogen) atoms. The largest absolute Gasteiger partial charge is 0.484 e. The van der Waals surface area contributed by atoms with Crippen LogP contribution in [0, 0.1) is 0 Å². The van der Waals surface area contributed by atoms with Crippen LogP contribution < -0.4 is 4.74 Å². The molecule has 1 rings (SSSR count). The first-order valence-corrected chi connectivity index (χ1v) is 4.96. The van der Waals surface area contributed by atoms with Crippen LogP contribution in [0.15, 0.2) is 30.3 Å². The lowest BCUT2D eigenvalue weighted by atomic mass is 10.2. The summed E-state index contributed by atoms with van der Waals surface area (Å²) in [6.07, 6.45) is -1.66. The Morgan fingerprint density at radius 2 is 1.89 bits per heavy atom. The number of esters is 1. The van der Waals surface area contributed by atoms with Crippen molar-refractivity contribution in [1.82, 2.24) is 0 Å². The van der Waals surface area contributed by atoms with Gasteiger partial charge in [0.15, 0.2) is 6.61 Å². The van der Waals surface area contributed by atoms with Crippen LogP contribution in [0.2, 0.25) is 0 Å². The highest BCUT2D eigenvalue weighted by atomic mass is 19.4. The van der Waals surface area contributed by atoms with E-state index in [1.807, 2.05) is 0 Å². The molecule has 0 radical (unpaired) electrons. The van der Waals surface area contributed by atoms with Crippen LogP contribution in [-0.2, 0) is 9.53 Å². The van der Waals surface area contributed by atoms with Gasteiger partial charge in [-0.1, -0.05) is 12.1 Å². The van der Waals surface area contributed by atoms with Crippen LogP contribution in [0.3, 0.4) is 0 Å². The summed E-state index contributed by atoms with van der Waals surface area (Å²) in [5.41, 5.74) is 0.653. The first kappa shape index (κ1) is 14.1. The summed E-state index contributed by atoms with van der Waals surface area (Å²) >= 11 is 0. The Labute approximate surface area is 102 Å². The molecule has 0 atom stereocenters. The summed E-state index contributed by atoms with van der Waals surface area (Å²) in [6, 6.07) is 5.85. The lowest BCUT2D eigenvalue weighted by molar-refractivity contribution is -0.153. The van der Waals surface area contributed by atoms with E-state index in [-0.39, 0.29) is 5.75 Å². The second kappa shape index (κ2) is 6.09. The number of benzene rings is 1. The topological polar surface area (TPSA) is 35.5 Å². The Balaban J connectivity index is 2.58. The maximum atomic E-state index is 11.9. The summed E-state index contributed by atoms with van der Waals surface area (Å²) < 4.78 is 44.6. The van der Waals surface area contributed by atoms with Crippen molar-refractivity contribution in [2.45, 2.75) is 6.18 Å². The molecule has 98 valence electrons. The molecule has 0 saturated heterocycles. The van der Waals surface area contributed by atoms with Crippen LogP contribution in [0.25, 0.3) is 6.08 Å². The first-order valence-electron chi connectivity index (χ1n) is 4.96. The minimum absolute atomic E-state index is 0.113. The molecular formula is C12H11F3O3. The Kier molecular flexibility index (Phi) is 4.76. The smallest absolute Gasteiger partial charge is 0.422 e. The van der Waals surface area contributed by atoms with Gasteiger partial charge in [0.1, 0.15) is 5.75 Å². The highest BCUT2D eigenvalue weighted by Gasteiger charge is 2.28. The molecule has 3 nitrogen and oxygen atoms in total. The number of methoxy groups -OCH3 is 1. The summed E-state index contributed by atoms with van der Waals surface area (Å²) in [5, 5.41) is 0. The molecule has 0 spiro atoms. The van der Waals surface area contributed by atoms with Gasteiger partial charge >= 0.3 is 12.1 Å². The molecular weight excluding hydrogens is 249 g/mol. The fraction of sp³-hybridized carbons (Fsp3) is 0.250. The molecule has 0 aliphatic rings. The third-order valence-corrected chi connectivity index (χ3v) is 1.90. The number of rotatable bonds is 4. The molecule has 0 saturated carbocycles. The van der Waals surface area contributed by atoms with Gasteiger partial charge in [-0.3, -0.25) is 0 Å². The fourth-order valence-corrected chi connectivity index (χ4v) is 1.07. The molecule has 0 fully saturated rings.